The van der Waals surface area contributed by atoms with E-state index in [0.29, 0.717) is 35.5 Å². The van der Waals surface area contributed by atoms with E-state index >= 15 is 4.11 Å². The first-order chi connectivity index (χ1) is 16.8. The molecule has 0 aliphatic heterocycles. The van der Waals surface area contributed by atoms with Crippen molar-refractivity contribution in [2.45, 2.75) is 71.3 Å². The number of pyridine rings is 2. The summed E-state index contributed by atoms with van der Waals surface area (Å²) in [4.78, 5) is 20.7. The van der Waals surface area contributed by atoms with E-state index in [2.05, 4.69) is 30.9 Å². The number of amides is 1. The van der Waals surface area contributed by atoms with Crippen molar-refractivity contribution < 1.29 is 13.6 Å². The maximum absolute atomic E-state index is 16.8. The Labute approximate surface area is 213 Å². The molecule has 0 aliphatic rings. The lowest BCUT2D eigenvalue weighted by Gasteiger charge is -2.45. The summed E-state index contributed by atoms with van der Waals surface area (Å²) in [6, 6.07) is 5.44. The van der Waals surface area contributed by atoms with Crippen LogP contribution in [0.15, 0.2) is 43.0 Å². The summed E-state index contributed by atoms with van der Waals surface area (Å²) < 4.78 is 23.9. The molecule has 3 heterocycles. The molecular formula is C25H36FN7O2Si. The molecule has 0 radical (unpaired) electrons. The quantitative estimate of drug-likeness (QED) is 0.332. The lowest BCUT2D eigenvalue weighted by Crippen LogP contribution is -2.58. The molecule has 3 aromatic rings. The van der Waals surface area contributed by atoms with Crippen LogP contribution in [0.3, 0.4) is 0 Å². The molecular weight excluding hydrogens is 477 g/mol. The molecule has 0 saturated heterocycles. The van der Waals surface area contributed by atoms with Crippen LogP contribution in [0.1, 0.15) is 52.8 Å². The molecule has 0 spiro atoms. The molecule has 194 valence electrons. The normalized spacial score (nSPS) is 12.3. The lowest BCUT2D eigenvalue weighted by atomic mass is 10.2. The van der Waals surface area contributed by atoms with Gasteiger partial charge in [0.15, 0.2) is 0 Å². The third-order valence-corrected chi connectivity index (χ3v) is 11.3. The van der Waals surface area contributed by atoms with E-state index in [1.54, 1.807) is 38.0 Å². The van der Waals surface area contributed by atoms with E-state index in [1.807, 2.05) is 53.7 Å². The highest BCUT2D eigenvalue weighted by atomic mass is 28.4. The Morgan fingerprint density at radius 1 is 1.14 bits per heavy atom. The van der Waals surface area contributed by atoms with Crippen molar-refractivity contribution in [2.24, 2.45) is 0 Å². The van der Waals surface area contributed by atoms with Crippen LogP contribution < -0.4 is 20.6 Å². The number of ether oxygens (including phenoxy) is 1. The minimum absolute atomic E-state index is 0.0524. The summed E-state index contributed by atoms with van der Waals surface area (Å²) >= 11 is 0. The number of nitrogens with zero attached hydrogens (tertiary/aromatic N) is 5. The van der Waals surface area contributed by atoms with Crippen LogP contribution in [0.2, 0.25) is 10.1 Å². The molecule has 0 aliphatic carbocycles. The lowest BCUT2D eigenvalue weighted by molar-refractivity contribution is -0.122. The summed E-state index contributed by atoms with van der Waals surface area (Å²) in [5.74, 6) is 0.848. The maximum atomic E-state index is 16.8. The fourth-order valence-corrected chi connectivity index (χ4v) is 9.10. The zero-order valence-electron chi connectivity index (χ0n) is 22.1. The SMILES string of the molecule is COc1cc(NCc2cn(CC(=O)NCc3cccnc3)nn2)ncc1[Si](F)(C(C)(C)C)C(C)(C)C. The van der Waals surface area contributed by atoms with Gasteiger partial charge in [-0.2, -0.15) is 0 Å². The zero-order valence-corrected chi connectivity index (χ0v) is 23.1. The summed E-state index contributed by atoms with van der Waals surface area (Å²) in [6.07, 6.45) is 6.69. The molecule has 2 N–H and O–H groups in total. The summed E-state index contributed by atoms with van der Waals surface area (Å²) in [5.41, 5.74) is 1.56. The van der Waals surface area contributed by atoms with Crippen LogP contribution in [0.4, 0.5) is 9.93 Å². The number of rotatable bonds is 9. The Hall–Kier alpha value is -3.34. The number of hydrogen-bond donors (Lipinski definition) is 2. The third kappa shape index (κ3) is 6.07. The fraction of sp³-hybridized carbons (Fsp3) is 0.480. The highest BCUT2D eigenvalue weighted by molar-refractivity contribution is 6.91. The molecule has 0 atom stereocenters. The van der Waals surface area contributed by atoms with E-state index in [-0.39, 0.29) is 12.5 Å². The van der Waals surface area contributed by atoms with Gasteiger partial charge in [0.25, 0.3) is 8.41 Å². The second-order valence-electron chi connectivity index (χ2n) is 10.8. The van der Waals surface area contributed by atoms with Gasteiger partial charge in [0.05, 0.1) is 19.9 Å². The second kappa shape index (κ2) is 10.7. The van der Waals surface area contributed by atoms with Gasteiger partial charge in [0.1, 0.15) is 23.8 Å². The van der Waals surface area contributed by atoms with Crippen molar-refractivity contribution in [3.05, 3.63) is 54.2 Å². The number of methoxy groups -OCH3 is 1. The number of aromatic nitrogens is 5. The Kier molecular flexibility index (Phi) is 8.12. The maximum Gasteiger partial charge on any atom is 0.293 e. The van der Waals surface area contributed by atoms with Gasteiger partial charge >= 0.3 is 0 Å². The van der Waals surface area contributed by atoms with Crippen molar-refractivity contribution in [2.75, 3.05) is 12.4 Å². The van der Waals surface area contributed by atoms with Crippen molar-refractivity contribution in [3.8, 4) is 5.75 Å². The van der Waals surface area contributed by atoms with E-state index < -0.39 is 18.5 Å². The minimum Gasteiger partial charge on any atom is -0.497 e. The monoisotopic (exact) mass is 513 g/mol. The van der Waals surface area contributed by atoms with E-state index in [1.165, 1.54) is 4.68 Å². The van der Waals surface area contributed by atoms with Crippen LogP contribution in [-0.4, -0.2) is 46.4 Å². The molecule has 0 saturated carbocycles. The average Bonchev–Trinajstić information content (AvgIpc) is 3.27. The number of carbonyl (C=O) groups excluding carboxylic acids is 1. The number of carbonyl (C=O) groups is 1. The molecule has 3 rings (SSSR count). The number of halogens is 1. The summed E-state index contributed by atoms with van der Waals surface area (Å²) in [7, 11) is -1.98. The molecule has 3 aromatic heterocycles. The Morgan fingerprint density at radius 3 is 2.47 bits per heavy atom. The van der Waals surface area contributed by atoms with Gasteiger partial charge < -0.3 is 19.5 Å². The number of nitrogens with one attached hydrogen (secondary N) is 2. The highest BCUT2D eigenvalue weighted by Crippen LogP contribution is 2.52. The molecule has 36 heavy (non-hydrogen) atoms. The van der Waals surface area contributed by atoms with Crippen LogP contribution in [0, 0.1) is 0 Å². The largest absolute Gasteiger partial charge is 0.497 e. The molecule has 11 heteroatoms. The van der Waals surface area contributed by atoms with Gasteiger partial charge in [0, 0.05) is 36.4 Å². The third-order valence-electron chi connectivity index (χ3n) is 6.08. The summed E-state index contributed by atoms with van der Waals surface area (Å²) in [5, 5.41) is 13.6. The Morgan fingerprint density at radius 2 is 1.86 bits per heavy atom. The van der Waals surface area contributed by atoms with E-state index in [4.69, 9.17) is 4.74 Å². The molecule has 1 amide bonds. The molecule has 0 unspecified atom stereocenters. The number of hydrogen-bond acceptors (Lipinski definition) is 7. The first-order valence-corrected chi connectivity index (χ1v) is 13.7. The topological polar surface area (TPSA) is 107 Å². The van der Waals surface area contributed by atoms with E-state index in [0.717, 1.165) is 5.56 Å². The zero-order chi connectivity index (χ0) is 26.6. The van der Waals surface area contributed by atoms with Gasteiger partial charge in [-0.3, -0.25) is 9.78 Å². The number of anilines is 1. The first kappa shape index (κ1) is 27.2. The van der Waals surface area contributed by atoms with Gasteiger partial charge in [0.2, 0.25) is 5.91 Å². The van der Waals surface area contributed by atoms with Gasteiger partial charge in [-0.1, -0.05) is 52.8 Å². The molecule has 0 aromatic carbocycles. The van der Waals surface area contributed by atoms with Gasteiger partial charge in [-0.05, 0) is 21.7 Å². The predicted octanol–water partition coefficient (Wildman–Crippen LogP) is 3.73. The van der Waals surface area contributed by atoms with Crippen molar-refractivity contribution >= 4 is 25.3 Å². The smallest absolute Gasteiger partial charge is 0.293 e. The second-order valence-corrected chi connectivity index (χ2v) is 15.7. The molecule has 0 fully saturated rings. The molecule has 0 bridgehead atoms. The van der Waals surface area contributed by atoms with Crippen molar-refractivity contribution in [1.29, 1.82) is 0 Å². The Balaban J connectivity index is 1.64. The van der Waals surface area contributed by atoms with E-state index in [9.17, 15) is 4.79 Å². The van der Waals surface area contributed by atoms with Gasteiger partial charge in [-0.25, -0.2) is 9.67 Å². The predicted molar refractivity (Wildman–Crippen MR) is 140 cm³/mol. The van der Waals surface area contributed by atoms with Crippen LogP contribution >= 0.6 is 0 Å². The first-order valence-electron chi connectivity index (χ1n) is 11.9. The van der Waals surface area contributed by atoms with Crippen molar-refractivity contribution in [1.82, 2.24) is 30.3 Å². The highest BCUT2D eigenvalue weighted by Gasteiger charge is 2.58. The summed E-state index contributed by atoms with van der Waals surface area (Å²) in [6.45, 7) is 12.4. The van der Waals surface area contributed by atoms with Crippen LogP contribution in [0.5, 0.6) is 5.75 Å². The van der Waals surface area contributed by atoms with Crippen molar-refractivity contribution in [3.63, 3.8) is 0 Å². The Bertz CT molecular complexity index is 1160. The van der Waals surface area contributed by atoms with Crippen LogP contribution in [0.25, 0.3) is 0 Å². The minimum atomic E-state index is -3.53. The van der Waals surface area contributed by atoms with Gasteiger partial charge in [-0.15, -0.1) is 5.10 Å². The standard InChI is InChI=1S/C25H36FN7O2Si/c1-24(2,3)36(26,25(4,5)6)21-15-29-22(11-20(21)35-7)28-14-19-16-33(32-31-19)17-23(34)30-13-18-9-8-10-27-12-18/h8-12,15-16H,13-14,17H2,1-7H3,(H,28,29)(H,30,34). The average molecular weight is 514 g/mol. The molecule has 9 nitrogen and oxygen atoms in total. The van der Waals surface area contributed by atoms with Crippen LogP contribution in [-0.2, 0) is 24.4 Å². The fourth-order valence-electron chi connectivity index (χ4n) is 4.48.